The van der Waals surface area contributed by atoms with Crippen LogP contribution in [0.25, 0.3) is 0 Å². The van der Waals surface area contributed by atoms with E-state index in [0.717, 1.165) is 12.8 Å². The molecule has 5 nitrogen and oxygen atoms in total. The van der Waals surface area contributed by atoms with Crippen LogP contribution in [0.5, 0.6) is 0 Å². The zero-order chi connectivity index (χ0) is 20.3. The normalized spacial score (nSPS) is 25.7. The number of amides is 3. The molecular weight excluding hydrogens is 364 g/mol. The Morgan fingerprint density at radius 2 is 1.59 bits per heavy atom. The van der Waals surface area contributed by atoms with Crippen LogP contribution >= 0.6 is 0 Å². The number of benzene rings is 1. The fourth-order valence-corrected chi connectivity index (χ4v) is 5.25. The van der Waals surface area contributed by atoms with Crippen molar-refractivity contribution in [3.63, 3.8) is 0 Å². The molecule has 0 bridgehead atoms. The van der Waals surface area contributed by atoms with Crippen molar-refractivity contribution in [1.82, 2.24) is 10.2 Å². The van der Waals surface area contributed by atoms with Gasteiger partial charge in [0.15, 0.2) is 0 Å². The first-order valence-electron chi connectivity index (χ1n) is 10.9. The number of rotatable bonds is 6. The summed E-state index contributed by atoms with van der Waals surface area (Å²) in [4.78, 5) is 39.0. The Bertz CT molecular complexity index is 770. The highest BCUT2D eigenvalue weighted by molar-refractivity contribution is 6.05. The zero-order valence-electron chi connectivity index (χ0n) is 16.9. The Labute approximate surface area is 172 Å². The predicted octanol–water partition coefficient (Wildman–Crippen LogP) is 3.35. The predicted molar refractivity (Wildman–Crippen MR) is 111 cm³/mol. The Morgan fingerprint density at radius 3 is 2.21 bits per heavy atom. The molecule has 1 heterocycles. The summed E-state index contributed by atoms with van der Waals surface area (Å²) in [7, 11) is 0. The molecule has 0 radical (unpaired) electrons. The zero-order valence-corrected chi connectivity index (χ0v) is 16.9. The van der Waals surface area contributed by atoms with Gasteiger partial charge in [0.1, 0.15) is 0 Å². The van der Waals surface area contributed by atoms with Crippen molar-refractivity contribution in [2.75, 3.05) is 13.1 Å². The SMILES string of the molecule is O=C(CCN1C(=O)C2CC=CCC2C1=O)NCC1(c2ccccc2)CCCCC1. The van der Waals surface area contributed by atoms with Crippen LogP contribution in [0.4, 0.5) is 0 Å². The summed E-state index contributed by atoms with van der Waals surface area (Å²) in [6, 6.07) is 10.5. The Kier molecular flexibility index (Phi) is 5.84. The van der Waals surface area contributed by atoms with E-state index in [0.29, 0.717) is 19.4 Å². The second kappa shape index (κ2) is 8.52. The van der Waals surface area contributed by atoms with Gasteiger partial charge >= 0.3 is 0 Å². The van der Waals surface area contributed by atoms with Crippen LogP contribution in [0.15, 0.2) is 42.5 Å². The largest absolute Gasteiger partial charge is 0.355 e. The van der Waals surface area contributed by atoms with E-state index in [1.165, 1.54) is 29.7 Å². The van der Waals surface area contributed by atoms with Crippen LogP contribution in [-0.2, 0) is 19.8 Å². The number of likely N-dealkylation sites (tertiary alicyclic amines) is 1. The third-order valence-electron chi connectivity index (χ3n) is 6.98. The summed E-state index contributed by atoms with van der Waals surface area (Å²) in [5.41, 5.74) is 1.29. The second-order valence-corrected chi connectivity index (χ2v) is 8.72. The van der Waals surface area contributed by atoms with Crippen LogP contribution in [0, 0.1) is 11.8 Å². The Hall–Kier alpha value is -2.43. The van der Waals surface area contributed by atoms with Gasteiger partial charge in [-0.25, -0.2) is 0 Å². The van der Waals surface area contributed by atoms with Crippen LogP contribution < -0.4 is 5.32 Å². The van der Waals surface area contributed by atoms with Gasteiger partial charge in [-0.05, 0) is 31.2 Å². The Morgan fingerprint density at radius 1 is 0.966 bits per heavy atom. The maximum Gasteiger partial charge on any atom is 0.233 e. The third-order valence-corrected chi connectivity index (χ3v) is 6.98. The maximum absolute atomic E-state index is 12.6. The molecule has 4 rings (SSSR count). The van der Waals surface area contributed by atoms with E-state index in [2.05, 4.69) is 29.6 Å². The lowest BCUT2D eigenvalue weighted by Crippen LogP contribution is -2.43. The van der Waals surface area contributed by atoms with Gasteiger partial charge in [0.25, 0.3) is 0 Å². The number of imide groups is 1. The van der Waals surface area contributed by atoms with Crippen LogP contribution in [0.1, 0.15) is 56.9 Å². The molecule has 29 heavy (non-hydrogen) atoms. The minimum absolute atomic E-state index is 0.00490. The van der Waals surface area contributed by atoms with Crippen molar-refractivity contribution in [2.24, 2.45) is 11.8 Å². The van der Waals surface area contributed by atoms with Gasteiger partial charge in [0, 0.05) is 24.9 Å². The molecule has 1 aromatic rings. The van der Waals surface area contributed by atoms with Crippen LogP contribution in [0.3, 0.4) is 0 Å². The van der Waals surface area contributed by atoms with E-state index in [1.54, 1.807) is 0 Å². The van der Waals surface area contributed by atoms with Crippen molar-refractivity contribution in [1.29, 1.82) is 0 Å². The molecule has 154 valence electrons. The van der Waals surface area contributed by atoms with E-state index < -0.39 is 0 Å². The first-order valence-corrected chi connectivity index (χ1v) is 10.9. The summed E-state index contributed by atoms with van der Waals surface area (Å²) in [6.07, 6.45) is 11.2. The highest BCUT2D eigenvalue weighted by Crippen LogP contribution is 2.39. The topological polar surface area (TPSA) is 66.5 Å². The number of carbonyl (C=O) groups excluding carboxylic acids is 3. The van der Waals surface area contributed by atoms with Gasteiger partial charge in [0.05, 0.1) is 11.8 Å². The van der Waals surface area contributed by atoms with E-state index in [9.17, 15) is 14.4 Å². The lowest BCUT2D eigenvalue weighted by atomic mass is 9.69. The average molecular weight is 395 g/mol. The van der Waals surface area contributed by atoms with Crippen molar-refractivity contribution in [3.05, 3.63) is 48.0 Å². The molecule has 1 aliphatic heterocycles. The molecule has 5 heteroatoms. The summed E-state index contributed by atoms with van der Waals surface area (Å²) >= 11 is 0. The monoisotopic (exact) mass is 394 g/mol. The third kappa shape index (κ3) is 4.00. The van der Waals surface area contributed by atoms with Gasteiger partial charge < -0.3 is 5.32 Å². The molecule has 0 aromatic heterocycles. The van der Waals surface area contributed by atoms with Crippen LogP contribution in [-0.4, -0.2) is 35.7 Å². The number of allylic oxidation sites excluding steroid dienone is 2. The van der Waals surface area contributed by atoms with Crippen LogP contribution in [0.2, 0.25) is 0 Å². The number of nitrogens with zero attached hydrogens (tertiary/aromatic N) is 1. The summed E-state index contributed by atoms with van der Waals surface area (Å²) in [5, 5.41) is 3.11. The van der Waals surface area contributed by atoms with Gasteiger partial charge in [-0.2, -0.15) is 0 Å². The highest BCUT2D eigenvalue weighted by atomic mass is 16.2. The molecule has 2 unspecified atom stereocenters. The Balaban J connectivity index is 1.34. The van der Waals surface area contributed by atoms with E-state index in [-0.39, 0.29) is 47.9 Å². The first-order chi connectivity index (χ1) is 14.1. The molecule has 2 fully saturated rings. The van der Waals surface area contributed by atoms with E-state index in [4.69, 9.17) is 0 Å². The summed E-state index contributed by atoms with van der Waals surface area (Å²) < 4.78 is 0. The molecule has 1 saturated heterocycles. The number of hydrogen-bond acceptors (Lipinski definition) is 3. The lowest BCUT2D eigenvalue weighted by molar-refractivity contribution is -0.140. The van der Waals surface area contributed by atoms with Gasteiger partial charge in [-0.15, -0.1) is 0 Å². The number of fused-ring (bicyclic) bond motifs is 1. The maximum atomic E-state index is 12.6. The standard InChI is InChI=1S/C24H30N2O3/c27-21(13-16-26-22(28)19-11-5-6-12-20(19)23(26)29)25-17-24(14-7-2-8-15-24)18-9-3-1-4-10-18/h1,3-6,9-10,19-20H,2,7-8,11-17H2,(H,25,27). The first kappa shape index (κ1) is 19.9. The lowest BCUT2D eigenvalue weighted by Gasteiger charge is -2.38. The fourth-order valence-electron chi connectivity index (χ4n) is 5.25. The number of nitrogens with one attached hydrogen (secondary N) is 1. The molecule has 2 atom stereocenters. The highest BCUT2D eigenvalue weighted by Gasteiger charge is 2.47. The fraction of sp³-hybridized carbons (Fsp3) is 0.542. The molecule has 1 aromatic carbocycles. The summed E-state index contributed by atoms with van der Waals surface area (Å²) in [6.45, 7) is 0.807. The van der Waals surface area contributed by atoms with Gasteiger partial charge in [-0.3, -0.25) is 19.3 Å². The molecule has 1 N–H and O–H groups in total. The number of carbonyl (C=O) groups is 3. The molecule has 3 aliphatic rings. The smallest absolute Gasteiger partial charge is 0.233 e. The minimum Gasteiger partial charge on any atom is -0.355 e. The molecule has 0 spiro atoms. The number of hydrogen-bond donors (Lipinski definition) is 1. The average Bonchev–Trinajstić information content (AvgIpc) is 3.02. The quantitative estimate of drug-likeness (QED) is 0.594. The molecule has 1 saturated carbocycles. The van der Waals surface area contributed by atoms with Crippen molar-refractivity contribution < 1.29 is 14.4 Å². The van der Waals surface area contributed by atoms with Gasteiger partial charge in [-0.1, -0.05) is 61.7 Å². The van der Waals surface area contributed by atoms with E-state index in [1.807, 2.05) is 18.2 Å². The summed E-state index contributed by atoms with van der Waals surface area (Å²) in [5.74, 6) is -0.742. The van der Waals surface area contributed by atoms with Gasteiger partial charge in [0.2, 0.25) is 17.7 Å². The second-order valence-electron chi connectivity index (χ2n) is 8.72. The molecular formula is C24H30N2O3. The van der Waals surface area contributed by atoms with Crippen molar-refractivity contribution >= 4 is 17.7 Å². The van der Waals surface area contributed by atoms with E-state index >= 15 is 0 Å². The molecule has 2 aliphatic carbocycles. The van der Waals surface area contributed by atoms with Crippen molar-refractivity contribution in [3.8, 4) is 0 Å². The molecule has 3 amide bonds. The minimum atomic E-state index is -0.223. The van der Waals surface area contributed by atoms with Crippen molar-refractivity contribution in [2.45, 2.75) is 56.8 Å².